The molecule has 4 N–H and O–H groups in total. The SMILES string of the molecule is CC(=O)ON=C(C(=O)NC1C(=O)N2CC(CSc3ncns3)(C(=O)O)CS[C@H]12)c1csc(N)n1. The quantitative estimate of drug-likeness (QED) is 0.134. The molecular weight excluding hydrogens is 526 g/mol. The summed E-state index contributed by atoms with van der Waals surface area (Å²) in [5, 5.41) is 17.3. The standard InChI is InChI=1S/C17H17N7O6S4/c1-7(25)30-23-9(8-2-31-15(18)21-8)11(26)22-10-12(27)24-3-17(14(28)29,4-32-13(10)24)5-33-16-19-6-20-34-16/h2,6,10,13H,3-5H2,1H3,(H2,18,21)(H,22,26)(H,28,29)/t10?,13-,17?/m1/s1. The van der Waals surface area contributed by atoms with Crippen molar-refractivity contribution in [2.24, 2.45) is 10.6 Å². The van der Waals surface area contributed by atoms with Gasteiger partial charge in [0.1, 0.15) is 28.9 Å². The molecule has 2 amide bonds. The Balaban J connectivity index is 1.44. The molecule has 2 aliphatic heterocycles. The normalized spacial score (nSPS) is 24.2. The summed E-state index contributed by atoms with van der Waals surface area (Å²) in [7, 11) is 0. The fraction of sp³-hybridized carbons (Fsp3) is 0.412. The number of hydrogen-bond acceptors (Lipinski definition) is 14. The lowest BCUT2D eigenvalue weighted by Crippen LogP contribution is -2.74. The molecule has 0 bridgehead atoms. The van der Waals surface area contributed by atoms with Gasteiger partial charge >= 0.3 is 11.9 Å². The molecule has 17 heteroatoms. The van der Waals surface area contributed by atoms with E-state index in [1.165, 1.54) is 51.7 Å². The molecule has 0 saturated carbocycles. The number of β-lactam (4-membered cyclic amide) rings is 1. The van der Waals surface area contributed by atoms with Gasteiger partial charge in [-0.2, -0.15) is 4.37 Å². The number of aliphatic carboxylic acids is 1. The number of amides is 2. The minimum Gasteiger partial charge on any atom is -0.481 e. The molecule has 34 heavy (non-hydrogen) atoms. The van der Waals surface area contributed by atoms with Gasteiger partial charge in [0.2, 0.25) is 5.91 Å². The number of nitrogens with one attached hydrogen (secondary N) is 1. The van der Waals surface area contributed by atoms with E-state index in [4.69, 9.17) is 5.73 Å². The van der Waals surface area contributed by atoms with E-state index in [1.807, 2.05) is 0 Å². The fourth-order valence-corrected chi connectivity index (χ4v) is 7.11. The van der Waals surface area contributed by atoms with Crippen molar-refractivity contribution in [3.63, 3.8) is 0 Å². The van der Waals surface area contributed by atoms with Crippen LogP contribution in [0.3, 0.4) is 0 Å². The Morgan fingerprint density at radius 2 is 2.26 bits per heavy atom. The zero-order valence-corrected chi connectivity index (χ0v) is 20.6. The lowest BCUT2D eigenvalue weighted by Gasteiger charge is -2.53. The summed E-state index contributed by atoms with van der Waals surface area (Å²) in [6.45, 7) is 1.13. The van der Waals surface area contributed by atoms with Crippen molar-refractivity contribution in [2.75, 3.05) is 23.8 Å². The van der Waals surface area contributed by atoms with Crippen molar-refractivity contribution >= 4 is 81.0 Å². The third-order valence-corrected chi connectivity index (χ3v) is 9.29. The van der Waals surface area contributed by atoms with Crippen molar-refractivity contribution in [3.8, 4) is 0 Å². The molecule has 2 aromatic heterocycles. The van der Waals surface area contributed by atoms with Crippen LogP contribution in [0.2, 0.25) is 0 Å². The van der Waals surface area contributed by atoms with Gasteiger partial charge < -0.3 is 25.9 Å². The number of thiazole rings is 1. The van der Waals surface area contributed by atoms with E-state index < -0.39 is 40.6 Å². The van der Waals surface area contributed by atoms with Crippen LogP contribution in [0.1, 0.15) is 12.6 Å². The Kier molecular flexibility index (Phi) is 7.06. The lowest BCUT2D eigenvalue weighted by atomic mass is 9.89. The molecule has 2 fully saturated rings. The third-order valence-electron chi connectivity index (χ3n) is 4.94. The molecule has 0 aromatic carbocycles. The van der Waals surface area contributed by atoms with Gasteiger partial charge in [-0.05, 0) is 11.5 Å². The number of carbonyl (C=O) groups is 4. The molecule has 0 aliphatic carbocycles. The van der Waals surface area contributed by atoms with Crippen molar-refractivity contribution in [2.45, 2.75) is 22.7 Å². The monoisotopic (exact) mass is 543 g/mol. The number of oxime groups is 1. The summed E-state index contributed by atoms with van der Waals surface area (Å²) in [6.07, 6.45) is 1.40. The van der Waals surface area contributed by atoms with Gasteiger partial charge in [-0.25, -0.2) is 14.8 Å². The number of carboxylic acid groups (broad SMARTS) is 1. The van der Waals surface area contributed by atoms with Gasteiger partial charge in [0.15, 0.2) is 15.2 Å². The zero-order chi connectivity index (χ0) is 24.5. The predicted molar refractivity (Wildman–Crippen MR) is 125 cm³/mol. The molecule has 2 aromatic rings. The summed E-state index contributed by atoms with van der Waals surface area (Å²) >= 11 is 4.80. The van der Waals surface area contributed by atoms with E-state index in [-0.39, 0.29) is 34.6 Å². The number of nitrogens with zero attached hydrogens (tertiary/aromatic N) is 5. The summed E-state index contributed by atoms with van der Waals surface area (Å²) in [5.41, 5.74) is 4.25. The minimum absolute atomic E-state index is 0.00796. The molecule has 13 nitrogen and oxygen atoms in total. The minimum atomic E-state index is -1.16. The maximum Gasteiger partial charge on any atom is 0.332 e. The van der Waals surface area contributed by atoms with Crippen molar-refractivity contribution < 1.29 is 29.1 Å². The number of carboxylic acids is 1. The molecule has 4 heterocycles. The molecular formula is C17H17N7O6S4. The van der Waals surface area contributed by atoms with E-state index in [9.17, 15) is 24.3 Å². The second kappa shape index (κ2) is 9.85. The van der Waals surface area contributed by atoms with Crippen molar-refractivity contribution in [1.29, 1.82) is 0 Å². The Labute approximate surface area is 208 Å². The molecule has 3 atom stereocenters. The van der Waals surface area contributed by atoms with Gasteiger partial charge in [-0.15, -0.1) is 23.1 Å². The molecule has 180 valence electrons. The number of nitrogen functional groups attached to an aromatic ring is 1. The van der Waals surface area contributed by atoms with Gasteiger partial charge in [0, 0.05) is 30.4 Å². The van der Waals surface area contributed by atoms with Crippen LogP contribution >= 0.6 is 46.4 Å². The fourth-order valence-electron chi connectivity index (χ4n) is 3.25. The van der Waals surface area contributed by atoms with Crippen LogP contribution in [0.25, 0.3) is 0 Å². The van der Waals surface area contributed by atoms with Gasteiger partial charge in [0.25, 0.3) is 5.91 Å². The van der Waals surface area contributed by atoms with Gasteiger partial charge in [-0.3, -0.25) is 14.4 Å². The van der Waals surface area contributed by atoms with Crippen LogP contribution in [0, 0.1) is 5.41 Å². The largest absolute Gasteiger partial charge is 0.481 e. The Morgan fingerprint density at radius 1 is 1.47 bits per heavy atom. The molecule has 2 saturated heterocycles. The summed E-state index contributed by atoms with van der Waals surface area (Å²) < 4.78 is 4.55. The van der Waals surface area contributed by atoms with Gasteiger partial charge in [-0.1, -0.05) is 16.9 Å². The third kappa shape index (κ3) is 4.86. The van der Waals surface area contributed by atoms with Crippen LogP contribution in [0.15, 0.2) is 21.2 Å². The van der Waals surface area contributed by atoms with Crippen molar-refractivity contribution in [3.05, 3.63) is 17.4 Å². The van der Waals surface area contributed by atoms with E-state index in [0.29, 0.717) is 4.34 Å². The lowest BCUT2D eigenvalue weighted by molar-refractivity contribution is -0.157. The Morgan fingerprint density at radius 3 is 2.88 bits per heavy atom. The highest BCUT2D eigenvalue weighted by Gasteiger charge is 2.57. The van der Waals surface area contributed by atoms with E-state index in [2.05, 4.69) is 29.7 Å². The number of aromatic nitrogens is 3. The predicted octanol–water partition coefficient (Wildman–Crippen LogP) is 0.107. The number of rotatable bonds is 8. The molecule has 2 aliphatic rings. The maximum atomic E-state index is 12.9. The highest BCUT2D eigenvalue weighted by molar-refractivity contribution is 8.01. The van der Waals surface area contributed by atoms with Crippen LogP contribution in [-0.4, -0.2) is 83.3 Å². The number of nitrogens with two attached hydrogens (primary N) is 1. The first-order valence-corrected chi connectivity index (χ1v) is 13.2. The number of hydrogen-bond donors (Lipinski definition) is 3. The highest BCUT2D eigenvalue weighted by atomic mass is 32.2. The van der Waals surface area contributed by atoms with Crippen LogP contribution in [0.5, 0.6) is 0 Å². The maximum absolute atomic E-state index is 12.9. The van der Waals surface area contributed by atoms with Crippen LogP contribution in [0.4, 0.5) is 5.13 Å². The number of anilines is 1. The second-order valence-corrected chi connectivity index (χ2v) is 11.3. The van der Waals surface area contributed by atoms with Crippen LogP contribution in [-0.2, 0) is 24.0 Å². The second-order valence-electron chi connectivity index (χ2n) is 7.29. The first kappa shape index (κ1) is 24.4. The Bertz CT molecular complexity index is 1160. The Hall–Kier alpha value is -2.76. The van der Waals surface area contributed by atoms with Crippen LogP contribution < -0.4 is 11.1 Å². The first-order valence-electron chi connectivity index (χ1n) is 9.53. The number of carbonyl (C=O) groups excluding carboxylic acids is 3. The average Bonchev–Trinajstić information content (AvgIpc) is 3.47. The molecule has 2 unspecified atom stereocenters. The molecule has 0 spiro atoms. The van der Waals surface area contributed by atoms with Crippen molar-refractivity contribution in [1.82, 2.24) is 24.6 Å². The zero-order valence-electron chi connectivity index (χ0n) is 17.4. The number of thioether (sulfide) groups is 2. The van der Waals surface area contributed by atoms with E-state index in [0.717, 1.165) is 18.3 Å². The van der Waals surface area contributed by atoms with E-state index in [1.54, 1.807) is 0 Å². The topological polar surface area (TPSA) is 190 Å². The number of fused-ring (bicyclic) bond motifs is 1. The smallest absolute Gasteiger partial charge is 0.332 e. The van der Waals surface area contributed by atoms with Gasteiger partial charge in [0.05, 0.1) is 0 Å². The first-order chi connectivity index (χ1) is 16.2. The summed E-state index contributed by atoms with van der Waals surface area (Å²) in [6, 6.07) is -0.890. The summed E-state index contributed by atoms with van der Waals surface area (Å²) in [5.74, 6) is -2.46. The summed E-state index contributed by atoms with van der Waals surface area (Å²) in [4.78, 5) is 63.0. The molecule has 4 rings (SSSR count). The van der Waals surface area contributed by atoms with E-state index >= 15 is 0 Å². The highest BCUT2D eigenvalue weighted by Crippen LogP contribution is 2.44. The molecule has 0 radical (unpaired) electrons. The average molecular weight is 544 g/mol.